The first-order valence-electron chi connectivity index (χ1n) is 10.8. The van der Waals surface area contributed by atoms with E-state index in [9.17, 15) is 33.9 Å². The lowest BCUT2D eigenvalue weighted by Crippen LogP contribution is -2.58. The summed E-state index contributed by atoms with van der Waals surface area (Å²) in [5, 5.41) is 25.7. The van der Waals surface area contributed by atoms with Gasteiger partial charge < -0.3 is 43.4 Å². The zero-order chi connectivity index (χ0) is 26.6. The van der Waals surface area contributed by atoms with E-state index in [1.807, 2.05) is 0 Å². The Labute approximate surface area is 197 Å². The largest absolute Gasteiger partial charge is 0.480 e. The van der Waals surface area contributed by atoms with Crippen LogP contribution in [0.4, 0.5) is 0 Å². The van der Waals surface area contributed by atoms with Crippen LogP contribution in [0.3, 0.4) is 0 Å². The molecular weight excluding hydrogens is 452 g/mol. The first-order chi connectivity index (χ1) is 15.6. The van der Waals surface area contributed by atoms with Crippen molar-refractivity contribution in [2.24, 2.45) is 23.1 Å². The molecule has 0 heterocycles. The maximum atomic E-state index is 12.9. The van der Waals surface area contributed by atoms with Crippen LogP contribution in [-0.2, 0) is 28.8 Å². The number of aliphatic hydroxyl groups is 1. The first-order valence-corrected chi connectivity index (χ1v) is 10.8. The third-order valence-corrected chi connectivity index (χ3v) is 4.74. The van der Waals surface area contributed by atoms with E-state index in [1.54, 1.807) is 13.8 Å². The topological polar surface area (TPSA) is 257 Å². The van der Waals surface area contributed by atoms with Crippen LogP contribution in [0, 0.1) is 5.92 Å². The van der Waals surface area contributed by atoms with Gasteiger partial charge in [-0.1, -0.05) is 13.8 Å². The van der Waals surface area contributed by atoms with Gasteiger partial charge in [0.1, 0.15) is 12.1 Å². The quantitative estimate of drug-likeness (QED) is 0.109. The highest BCUT2D eigenvalue weighted by Gasteiger charge is 2.32. The average Bonchev–Trinajstić information content (AvgIpc) is 2.70. The molecular formula is C20H36N6O8. The van der Waals surface area contributed by atoms with E-state index in [0.717, 1.165) is 6.92 Å². The van der Waals surface area contributed by atoms with Gasteiger partial charge in [0.05, 0.1) is 12.1 Å². The van der Waals surface area contributed by atoms with Crippen molar-refractivity contribution >= 4 is 35.5 Å². The van der Waals surface area contributed by atoms with Crippen molar-refractivity contribution in [2.45, 2.75) is 83.1 Å². The Morgan fingerprint density at radius 2 is 1.24 bits per heavy atom. The molecule has 34 heavy (non-hydrogen) atoms. The van der Waals surface area contributed by atoms with Crippen LogP contribution in [0.1, 0.15) is 52.9 Å². The molecule has 0 aromatic carbocycles. The lowest BCUT2D eigenvalue weighted by Gasteiger charge is -2.26. The average molecular weight is 489 g/mol. The molecule has 0 aromatic heterocycles. The lowest BCUT2D eigenvalue weighted by atomic mass is 10.0. The molecule has 5 unspecified atom stereocenters. The van der Waals surface area contributed by atoms with Gasteiger partial charge in [-0.3, -0.25) is 24.0 Å². The van der Waals surface area contributed by atoms with E-state index in [0.29, 0.717) is 0 Å². The SMILES string of the molecule is CC(C)CC(NC(=O)C(N)CCC(N)=O)C(=O)NC(CCC(N)=O)C(=O)NC(C(=O)O)C(C)O. The third-order valence-electron chi connectivity index (χ3n) is 4.74. The van der Waals surface area contributed by atoms with Gasteiger partial charge in [-0.15, -0.1) is 0 Å². The number of carboxylic acids is 1. The Hall–Kier alpha value is -3.26. The Morgan fingerprint density at radius 1 is 0.765 bits per heavy atom. The molecule has 0 saturated carbocycles. The fourth-order valence-electron chi connectivity index (χ4n) is 2.88. The number of aliphatic hydroxyl groups excluding tert-OH is 1. The first kappa shape index (κ1) is 30.7. The standard InChI is InChI=1S/C20H36N6O8/c1-9(2)8-13(25-17(30)11(21)4-6-14(22)28)19(32)24-12(5-7-15(23)29)18(31)26-16(10(3)27)20(33)34/h9-13,16,27H,4-8,21H2,1-3H3,(H2,22,28)(H2,23,29)(H,24,32)(H,25,30)(H,26,31)(H,33,34). The molecule has 0 rings (SSSR count). The van der Waals surface area contributed by atoms with E-state index in [2.05, 4.69) is 16.0 Å². The van der Waals surface area contributed by atoms with Crippen LogP contribution in [-0.4, -0.2) is 76.0 Å². The van der Waals surface area contributed by atoms with Gasteiger partial charge >= 0.3 is 5.97 Å². The zero-order valence-electron chi connectivity index (χ0n) is 19.6. The molecule has 194 valence electrons. The van der Waals surface area contributed by atoms with Crippen LogP contribution in [0.15, 0.2) is 0 Å². The van der Waals surface area contributed by atoms with Gasteiger partial charge in [0.2, 0.25) is 29.5 Å². The maximum absolute atomic E-state index is 12.9. The highest BCUT2D eigenvalue weighted by atomic mass is 16.4. The van der Waals surface area contributed by atoms with Crippen molar-refractivity contribution in [3.05, 3.63) is 0 Å². The molecule has 11 N–H and O–H groups in total. The summed E-state index contributed by atoms with van der Waals surface area (Å²) in [6, 6.07) is -5.26. The molecule has 0 aliphatic carbocycles. The number of amides is 5. The predicted octanol–water partition coefficient (Wildman–Crippen LogP) is -3.19. The van der Waals surface area contributed by atoms with Crippen LogP contribution < -0.4 is 33.2 Å². The minimum absolute atomic E-state index is 0.0310. The number of primary amides is 2. The highest BCUT2D eigenvalue weighted by molar-refractivity contribution is 5.94. The van der Waals surface area contributed by atoms with Gasteiger partial charge in [-0.2, -0.15) is 0 Å². The summed E-state index contributed by atoms with van der Waals surface area (Å²) in [6.07, 6.45) is -1.99. The second-order valence-electron chi connectivity index (χ2n) is 8.43. The molecule has 0 radical (unpaired) electrons. The van der Waals surface area contributed by atoms with Crippen molar-refractivity contribution < 1.29 is 39.0 Å². The number of nitrogens with two attached hydrogens (primary N) is 3. The van der Waals surface area contributed by atoms with Crippen molar-refractivity contribution in [2.75, 3.05) is 0 Å². The summed E-state index contributed by atoms with van der Waals surface area (Å²) in [5.74, 6) is -5.42. The van der Waals surface area contributed by atoms with Gasteiger partial charge in [-0.05, 0) is 32.1 Å². The smallest absolute Gasteiger partial charge is 0.328 e. The van der Waals surface area contributed by atoms with E-state index in [-0.39, 0.29) is 38.0 Å². The van der Waals surface area contributed by atoms with Gasteiger partial charge in [-0.25, -0.2) is 4.79 Å². The lowest BCUT2D eigenvalue weighted by molar-refractivity contribution is -0.145. The van der Waals surface area contributed by atoms with Crippen molar-refractivity contribution in [1.82, 2.24) is 16.0 Å². The minimum atomic E-state index is -1.66. The summed E-state index contributed by atoms with van der Waals surface area (Å²) in [5.41, 5.74) is 15.9. The number of hydrogen-bond donors (Lipinski definition) is 8. The molecule has 0 saturated heterocycles. The van der Waals surface area contributed by atoms with Crippen LogP contribution >= 0.6 is 0 Å². The second kappa shape index (κ2) is 14.8. The van der Waals surface area contributed by atoms with Crippen molar-refractivity contribution in [3.8, 4) is 0 Å². The number of carboxylic acid groups (broad SMARTS) is 1. The van der Waals surface area contributed by atoms with Gasteiger partial charge in [0.25, 0.3) is 0 Å². The number of carbonyl (C=O) groups is 6. The number of aliphatic carboxylic acids is 1. The summed E-state index contributed by atoms with van der Waals surface area (Å²) in [4.78, 5) is 71.3. The fraction of sp³-hybridized carbons (Fsp3) is 0.700. The third kappa shape index (κ3) is 12.1. The van der Waals surface area contributed by atoms with Crippen molar-refractivity contribution in [3.63, 3.8) is 0 Å². The van der Waals surface area contributed by atoms with E-state index in [1.165, 1.54) is 0 Å². The zero-order valence-corrected chi connectivity index (χ0v) is 19.6. The van der Waals surface area contributed by atoms with Gasteiger partial charge in [0, 0.05) is 12.8 Å². The molecule has 0 spiro atoms. The molecule has 14 nitrogen and oxygen atoms in total. The van der Waals surface area contributed by atoms with Crippen LogP contribution in [0.25, 0.3) is 0 Å². The van der Waals surface area contributed by atoms with Gasteiger partial charge in [0.15, 0.2) is 6.04 Å². The predicted molar refractivity (Wildman–Crippen MR) is 119 cm³/mol. The van der Waals surface area contributed by atoms with Crippen LogP contribution in [0.5, 0.6) is 0 Å². The normalized spacial score (nSPS) is 15.4. The number of carbonyl (C=O) groups excluding carboxylic acids is 5. The Balaban J connectivity index is 5.54. The fourth-order valence-corrected chi connectivity index (χ4v) is 2.88. The molecule has 5 amide bonds. The molecule has 0 aliphatic heterocycles. The maximum Gasteiger partial charge on any atom is 0.328 e. The van der Waals surface area contributed by atoms with E-state index < -0.39 is 65.8 Å². The van der Waals surface area contributed by atoms with Crippen LogP contribution in [0.2, 0.25) is 0 Å². The molecule has 5 atom stereocenters. The number of hydrogen-bond acceptors (Lipinski definition) is 8. The number of nitrogens with one attached hydrogen (secondary N) is 3. The van der Waals surface area contributed by atoms with Crippen molar-refractivity contribution in [1.29, 1.82) is 0 Å². The highest BCUT2D eigenvalue weighted by Crippen LogP contribution is 2.08. The summed E-state index contributed by atoms with van der Waals surface area (Å²) in [6.45, 7) is 4.74. The monoisotopic (exact) mass is 488 g/mol. The summed E-state index contributed by atoms with van der Waals surface area (Å²) < 4.78 is 0. The molecule has 14 heteroatoms. The summed E-state index contributed by atoms with van der Waals surface area (Å²) >= 11 is 0. The Kier molecular flexibility index (Phi) is 13.4. The van der Waals surface area contributed by atoms with E-state index >= 15 is 0 Å². The molecule has 0 bridgehead atoms. The Bertz CT molecular complexity index is 757. The molecule has 0 fully saturated rings. The number of rotatable bonds is 16. The summed E-state index contributed by atoms with van der Waals surface area (Å²) in [7, 11) is 0. The second-order valence-corrected chi connectivity index (χ2v) is 8.43. The molecule has 0 aliphatic rings. The minimum Gasteiger partial charge on any atom is -0.480 e. The van der Waals surface area contributed by atoms with E-state index in [4.69, 9.17) is 22.3 Å². The Morgan fingerprint density at radius 3 is 1.68 bits per heavy atom. The molecule has 0 aromatic rings.